The topological polar surface area (TPSA) is 111 Å². The second kappa shape index (κ2) is 7.46. The minimum absolute atomic E-state index is 0.287. The Hall–Kier alpha value is -2.96. The Kier molecular flexibility index (Phi) is 4.98. The van der Waals surface area contributed by atoms with Crippen LogP contribution in [0.25, 0.3) is 0 Å². The molecule has 2 aliphatic rings. The fourth-order valence-electron chi connectivity index (χ4n) is 4.36. The molecule has 0 unspecified atom stereocenters. The molecule has 2 aromatic rings. The van der Waals surface area contributed by atoms with Crippen LogP contribution >= 0.6 is 0 Å². The number of carboxylic acids is 1. The lowest BCUT2D eigenvalue weighted by molar-refractivity contribution is -0.138. The van der Waals surface area contributed by atoms with E-state index in [4.69, 9.17) is 20.6 Å². The predicted molar refractivity (Wildman–Crippen MR) is 111 cm³/mol. The number of nitrogens with two attached hydrogens (primary N) is 1. The zero-order valence-electron chi connectivity index (χ0n) is 16.8. The first-order valence-corrected chi connectivity index (χ1v) is 10.0. The molecular formula is C22H26N4O3. The van der Waals surface area contributed by atoms with Gasteiger partial charge < -0.3 is 15.6 Å². The molecule has 29 heavy (non-hydrogen) atoms. The highest BCUT2D eigenvalue weighted by molar-refractivity contribution is 6.09. The van der Waals surface area contributed by atoms with Gasteiger partial charge in [-0.25, -0.2) is 9.98 Å². The molecule has 0 radical (unpaired) electrons. The molecule has 1 aliphatic heterocycles. The quantitative estimate of drug-likeness (QED) is 0.808. The van der Waals surface area contributed by atoms with Gasteiger partial charge in [0.15, 0.2) is 11.5 Å². The van der Waals surface area contributed by atoms with Crippen LogP contribution in [0.15, 0.2) is 35.6 Å². The summed E-state index contributed by atoms with van der Waals surface area (Å²) in [6.07, 6.45) is 5.69. The highest BCUT2D eigenvalue weighted by Crippen LogP contribution is 2.40. The van der Waals surface area contributed by atoms with Crippen molar-refractivity contribution >= 4 is 23.2 Å². The Morgan fingerprint density at radius 3 is 2.52 bits per heavy atom. The molecule has 4 rings (SSSR count). The number of carboxylic acid groups (broad SMARTS) is 1. The molecule has 0 bridgehead atoms. The number of rotatable bonds is 4. The Morgan fingerprint density at radius 1 is 1.17 bits per heavy atom. The first-order chi connectivity index (χ1) is 13.8. The maximum absolute atomic E-state index is 10.9. The second-order valence-corrected chi connectivity index (χ2v) is 8.42. The lowest BCUT2D eigenvalue weighted by Gasteiger charge is -2.32. The van der Waals surface area contributed by atoms with E-state index in [0.717, 1.165) is 37.0 Å². The van der Waals surface area contributed by atoms with E-state index in [0.29, 0.717) is 29.2 Å². The number of nitrogen functional groups attached to an aromatic ring is 1. The highest BCUT2D eigenvalue weighted by atomic mass is 16.5. The van der Waals surface area contributed by atoms with Crippen molar-refractivity contribution in [1.29, 1.82) is 0 Å². The Morgan fingerprint density at radius 2 is 1.86 bits per heavy atom. The van der Waals surface area contributed by atoms with E-state index in [2.05, 4.69) is 34.2 Å². The molecular weight excluding hydrogens is 368 g/mol. The number of nitrogens with zero attached hydrogens (tertiary/aromatic N) is 3. The summed E-state index contributed by atoms with van der Waals surface area (Å²) in [5, 5.41) is 8.99. The first-order valence-electron chi connectivity index (χ1n) is 10.0. The molecule has 1 aliphatic carbocycles. The van der Waals surface area contributed by atoms with E-state index in [1.165, 1.54) is 11.9 Å². The molecule has 0 spiro atoms. The number of benzene rings is 1. The van der Waals surface area contributed by atoms with E-state index in [9.17, 15) is 4.79 Å². The molecule has 1 aromatic heterocycles. The zero-order valence-corrected chi connectivity index (χ0v) is 16.8. The van der Waals surface area contributed by atoms with Crippen LogP contribution in [-0.2, 0) is 4.79 Å². The van der Waals surface area contributed by atoms with Gasteiger partial charge in [0.25, 0.3) is 0 Å². The molecule has 152 valence electrons. The van der Waals surface area contributed by atoms with Gasteiger partial charge >= 0.3 is 5.97 Å². The summed E-state index contributed by atoms with van der Waals surface area (Å²) in [5.74, 6) is 0.809. The summed E-state index contributed by atoms with van der Waals surface area (Å²) in [6.45, 7) is 3.93. The number of fused-ring (bicyclic) bond motifs is 1. The minimum Gasteiger partial charge on any atom is -0.481 e. The molecule has 7 nitrogen and oxygen atoms in total. The van der Waals surface area contributed by atoms with E-state index in [1.54, 1.807) is 0 Å². The number of ether oxygens (including phenoxy) is 1. The van der Waals surface area contributed by atoms with Gasteiger partial charge in [-0.15, -0.1) is 0 Å². The van der Waals surface area contributed by atoms with E-state index in [-0.39, 0.29) is 6.42 Å². The van der Waals surface area contributed by atoms with Crippen LogP contribution in [0.1, 0.15) is 63.0 Å². The van der Waals surface area contributed by atoms with Gasteiger partial charge in [0.1, 0.15) is 11.9 Å². The van der Waals surface area contributed by atoms with Crippen LogP contribution in [-0.4, -0.2) is 32.4 Å². The molecule has 0 atom stereocenters. The van der Waals surface area contributed by atoms with Crippen molar-refractivity contribution in [3.63, 3.8) is 0 Å². The van der Waals surface area contributed by atoms with Gasteiger partial charge in [0, 0.05) is 12.0 Å². The minimum atomic E-state index is -0.691. The average Bonchev–Trinajstić information content (AvgIpc) is 2.67. The summed E-state index contributed by atoms with van der Waals surface area (Å²) < 4.78 is 6.05. The largest absolute Gasteiger partial charge is 0.481 e. The van der Waals surface area contributed by atoms with Gasteiger partial charge in [0.2, 0.25) is 5.88 Å². The zero-order chi connectivity index (χ0) is 20.6. The average molecular weight is 394 g/mol. The standard InChI is InChI=1S/C22H26N4O3/c1-22(2)19(26-18-20(23)24-12-25-21(18)29-22)16-9-7-15(8-10-16)14-5-3-13(4-6-14)11-17(27)28/h7-10,12-14H,3-6,11H2,1-2H3,(H,27,28)(H2,23,24,25)/t13-,14+. The van der Waals surface area contributed by atoms with E-state index in [1.807, 2.05) is 13.8 Å². The number of anilines is 1. The van der Waals surface area contributed by atoms with Crippen molar-refractivity contribution < 1.29 is 14.6 Å². The Bertz CT molecular complexity index is 945. The third kappa shape index (κ3) is 3.95. The van der Waals surface area contributed by atoms with E-state index >= 15 is 0 Å². The van der Waals surface area contributed by atoms with Crippen molar-refractivity contribution in [3.05, 3.63) is 41.7 Å². The van der Waals surface area contributed by atoms with Crippen LogP contribution in [0.2, 0.25) is 0 Å². The number of aliphatic carboxylic acids is 1. The summed E-state index contributed by atoms with van der Waals surface area (Å²) in [5.41, 5.74) is 8.86. The fraction of sp³-hybridized carbons (Fsp3) is 0.455. The van der Waals surface area contributed by atoms with Crippen LogP contribution in [0.5, 0.6) is 5.88 Å². The summed E-state index contributed by atoms with van der Waals surface area (Å²) >= 11 is 0. The van der Waals surface area contributed by atoms with Crippen molar-refractivity contribution in [1.82, 2.24) is 9.97 Å². The van der Waals surface area contributed by atoms with Gasteiger partial charge in [0.05, 0.1) is 5.71 Å². The molecule has 0 saturated heterocycles. The predicted octanol–water partition coefficient (Wildman–Crippen LogP) is 4.10. The van der Waals surface area contributed by atoms with Gasteiger partial charge in [-0.05, 0) is 56.9 Å². The molecule has 1 fully saturated rings. The monoisotopic (exact) mass is 394 g/mol. The van der Waals surface area contributed by atoms with Crippen LogP contribution in [0, 0.1) is 5.92 Å². The van der Waals surface area contributed by atoms with Crippen molar-refractivity contribution in [2.45, 2.75) is 57.5 Å². The summed E-state index contributed by atoms with van der Waals surface area (Å²) in [7, 11) is 0. The molecule has 3 N–H and O–H groups in total. The number of hydrogen-bond acceptors (Lipinski definition) is 6. The van der Waals surface area contributed by atoms with Crippen molar-refractivity contribution in [2.75, 3.05) is 5.73 Å². The Balaban J connectivity index is 1.54. The first kappa shape index (κ1) is 19.4. The van der Waals surface area contributed by atoms with Crippen LogP contribution < -0.4 is 10.5 Å². The number of carbonyl (C=O) groups is 1. The normalized spacial score (nSPS) is 22.9. The van der Waals surface area contributed by atoms with Crippen molar-refractivity contribution in [2.24, 2.45) is 10.9 Å². The van der Waals surface area contributed by atoms with E-state index < -0.39 is 11.6 Å². The SMILES string of the molecule is CC1(C)Oc2ncnc(N)c2N=C1c1ccc([C@H]2CC[C@@H](CC(=O)O)CC2)cc1. The maximum atomic E-state index is 10.9. The molecule has 1 saturated carbocycles. The summed E-state index contributed by atoms with van der Waals surface area (Å²) in [4.78, 5) is 23.8. The third-order valence-electron chi connectivity index (χ3n) is 5.93. The molecule has 7 heteroatoms. The lowest BCUT2D eigenvalue weighted by Crippen LogP contribution is -2.41. The summed E-state index contributed by atoms with van der Waals surface area (Å²) in [6, 6.07) is 8.45. The number of aromatic nitrogens is 2. The van der Waals surface area contributed by atoms with Crippen LogP contribution in [0.3, 0.4) is 0 Å². The maximum Gasteiger partial charge on any atom is 0.303 e. The third-order valence-corrected chi connectivity index (χ3v) is 5.93. The molecule has 2 heterocycles. The smallest absolute Gasteiger partial charge is 0.303 e. The molecule has 0 amide bonds. The highest BCUT2D eigenvalue weighted by Gasteiger charge is 2.35. The number of hydrogen-bond donors (Lipinski definition) is 2. The Labute approximate surface area is 170 Å². The van der Waals surface area contributed by atoms with Crippen molar-refractivity contribution in [3.8, 4) is 5.88 Å². The molecule has 1 aromatic carbocycles. The van der Waals surface area contributed by atoms with Crippen LogP contribution in [0.4, 0.5) is 11.5 Å². The number of aliphatic imine (C=N–C) groups is 1. The fourth-order valence-corrected chi connectivity index (χ4v) is 4.36. The van der Waals surface area contributed by atoms with Gasteiger partial charge in [-0.2, -0.15) is 4.98 Å². The van der Waals surface area contributed by atoms with Gasteiger partial charge in [-0.3, -0.25) is 4.79 Å². The lowest BCUT2D eigenvalue weighted by atomic mass is 9.77. The second-order valence-electron chi connectivity index (χ2n) is 8.42. The van der Waals surface area contributed by atoms with Gasteiger partial charge in [-0.1, -0.05) is 24.3 Å².